The fourth-order valence-corrected chi connectivity index (χ4v) is 2.60. The lowest BCUT2D eigenvalue weighted by Gasteiger charge is -2.28. The highest BCUT2D eigenvalue weighted by Gasteiger charge is 2.24. The van der Waals surface area contributed by atoms with Gasteiger partial charge in [0.1, 0.15) is 0 Å². The average molecular weight is 288 g/mol. The maximum absolute atomic E-state index is 6.39. The van der Waals surface area contributed by atoms with E-state index in [-0.39, 0.29) is 5.60 Å². The van der Waals surface area contributed by atoms with Crippen LogP contribution in [0.5, 0.6) is 0 Å². The molecule has 110 valence electrons. The van der Waals surface area contributed by atoms with Gasteiger partial charge in [-0.1, -0.05) is 18.5 Å². The van der Waals surface area contributed by atoms with Gasteiger partial charge in [0.05, 0.1) is 22.0 Å². The molecule has 0 fully saturated rings. The molecule has 1 rings (SSSR count). The van der Waals surface area contributed by atoms with Crippen LogP contribution < -0.4 is 5.32 Å². The largest absolute Gasteiger partial charge is 0.379 e. The van der Waals surface area contributed by atoms with Gasteiger partial charge in [0.25, 0.3) is 0 Å². The second-order valence-corrected chi connectivity index (χ2v) is 5.92. The lowest BCUT2D eigenvalue weighted by atomic mass is 9.95. The molecule has 0 saturated carbocycles. The van der Waals surface area contributed by atoms with Crippen LogP contribution in [0.1, 0.15) is 38.6 Å². The molecule has 1 aromatic rings. The summed E-state index contributed by atoms with van der Waals surface area (Å²) in [4.78, 5) is 0. The fraction of sp³-hybridized carbons (Fsp3) is 0.786. The van der Waals surface area contributed by atoms with Gasteiger partial charge < -0.3 is 10.1 Å². The van der Waals surface area contributed by atoms with Crippen LogP contribution in [0, 0.1) is 0 Å². The molecule has 0 aliphatic rings. The van der Waals surface area contributed by atoms with Gasteiger partial charge in [0.15, 0.2) is 0 Å². The highest BCUT2D eigenvalue weighted by atomic mass is 35.5. The molecule has 1 atom stereocenters. The van der Waals surface area contributed by atoms with Gasteiger partial charge in [-0.15, -0.1) is 0 Å². The molecule has 0 saturated heterocycles. The van der Waals surface area contributed by atoms with E-state index in [0.717, 1.165) is 35.7 Å². The number of hydrogen-bond donors (Lipinski definition) is 1. The van der Waals surface area contributed by atoms with Gasteiger partial charge in [-0.05, 0) is 33.7 Å². The van der Waals surface area contributed by atoms with Gasteiger partial charge in [-0.3, -0.25) is 4.68 Å². The average Bonchev–Trinajstić information content (AvgIpc) is 2.64. The predicted molar refractivity (Wildman–Crippen MR) is 79.9 cm³/mol. The zero-order chi connectivity index (χ0) is 14.6. The Hall–Kier alpha value is -0.580. The van der Waals surface area contributed by atoms with E-state index in [4.69, 9.17) is 16.3 Å². The Morgan fingerprint density at radius 1 is 1.47 bits per heavy atom. The monoisotopic (exact) mass is 287 g/mol. The number of likely N-dealkylation sites (N-methyl/N-ethyl adjacent to an activating group) is 1. The summed E-state index contributed by atoms with van der Waals surface area (Å²) in [6.07, 6.45) is 2.63. The summed E-state index contributed by atoms with van der Waals surface area (Å²) in [5, 5.41) is 8.61. The molecule has 19 heavy (non-hydrogen) atoms. The van der Waals surface area contributed by atoms with Gasteiger partial charge in [0.2, 0.25) is 0 Å². The van der Waals surface area contributed by atoms with Crippen molar-refractivity contribution in [2.24, 2.45) is 7.05 Å². The maximum atomic E-state index is 6.39. The Morgan fingerprint density at radius 3 is 2.53 bits per heavy atom. The number of halogens is 1. The summed E-state index contributed by atoms with van der Waals surface area (Å²) in [6, 6.07) is 0.313. The molecule has 1 unspecified atom stereocenters. The van der Waals surface area contributed by atoms with Gasteiger partial charge in [-0.2, -0.15) is 5.10 Å². The lowest BCUT2D eigenvalue weighted by molar-refractivity contribution is 0.00759. The number of ether oxygens (including phenoxy) is 1. The first-order valence-corrected chi connectivity index (χ1v) is 7.15. The number of hydrogen-bond acceptors (Lipinski definition) is 3. The smallest absolute Gasteiger partial charge is 0.0850 e. The number of nitrogens with one attached hydrogen (secondary N) is 1. The molecule has 0 spiro atoms. The van der Waals surface area contributed by atoms with E-state index in [9.17, 15) is 0 Å². The number of methoxy groups -OCH3 is 1. The summed E-state index contributed by atoms with van der Waals surface area (Å²) >= 11 is 6.39. The van der Waals surface area contributed by atoms with E-state index in [1.54, 1.807) is 7.11 Å². The topological polar surface area (TPSA) is 39.1 Å². The summed E-state index contributed by atoms with van der Waals surface area (Å²) in [5.74, 6) is 0. The third-order valence-electron chi connectivity index (χ3n) is 3.64. The molecule has 0 amide bonds. The van der Waals surface area contributed by atoms with E-state index < -0.39 is 0 Å². The Balaban J connectivity index is 2.84. The quantitative estimate of drug-likeness (QED) is 0.838. The number of nitrogens with zero attached hydrogens (tertiary/aromatic N) is 2. The molecule has 5 heteroatoms. The third-order valence-corrected chi connectivity index (χ3v) is 4.08. The van der Waals surface area contributed by atoms with Crippen LogP contribution in [0.2, 0.25) is 5.02 Å². The van der Waals surface area contributed by atoms with Crippen molar-refractivity contribution in [3.05, 3.63) is 16.4 Å². The molecule has 1 heterocycles. The molecule has 0 aromatic carbocycles. The normalized spacial score (nSPS) is 13.8. The Labute approximate surface area is 121 Å². The van der Waals surface area contributed by atoms with E-state index in [1.807, 2.05) is 18.8 Å². The first kappa shape index (κ1) is 16.5. The highest BCUT2D eigenvalue weighted by Crippen LogP contribution is 2.24. The first-order valence-electron chi connectivity index (χ1n) is 6.77. The fourth-order valence-electron chi connectivity index (χ4n) is 2.23. The van der Waals surface area contributed by atoms with Crippen LogP contribution >= 0.6 is 11.6 Å². The van der Waals surface area contributed by atoms with Crippen LogP contribution in [0.25, 0.3) is 0 Å². The zero-order valence-corrected chi connectivity index (χ0v) is 13.6. The predicted octanol–water partition coefficient (Wildman–Crippen LogP) is 2.58. The Morgan fingerprint density at radius 2 is 2.11 bits per heavy atom. The maximum Gasteiger partial charge on any atom is 0.0850 e. The van der Waals surface area contributed by atoms with Crippen LogP contribution in [-0.4, -0.2) is 35.6 Å². The summed E-state index contributed by atoms with van der Waals surface area (Å²) in [7, 11) is 5.68. The van der Waals surface area contributed by atoms with Gasteiger partial charge >= 0.3 is 0 Å². The molecule has 4 nitrogen and oxygen atoms in total. The van der Waals surface area contributed by atoms with E-state index >= 15 is 0 Å². The molecule has 1 N–H and O–H groups in total. The Kier molecular flexibility index (Phi) is 5.83. The van der Waals surface area contributed by atoms with Crippen molar-refractivity contribution in [2.75, 3.05) is 14.2 Å². The van der Waals surface area contributed by atoms with Crippen molar-refractivity contribution in [1.29, 1.82) is 0 Å². The van der Waals surface area contributed by atoms with Crippen molar-refractivity contribution in [3.8, 4) is 0 Å². The minimum absolute atomic E-state index is 0.146. The van der Waals surface area contributed by atoms with Crippen LogP contribution in [0.15, 0.2) is 0 Å². The minimum Gasteiger partial charge on any atom is -0.379 e. The van der Waals surface area contributed by atoms with Crippen molar-refractivity contribution in [2.45, 2.75) is 51.7 Å². The van der Waals surface area contributed by atoms with Crippen LogP contribution in [-0.2, 0) is 24.6 Å². The standard InChI is InChI=1S/C14H26ClN3O/c1-7-11-13(15)12(18(5)17-11)8-10(16-4)9-14(2,3)19-6/h10,16H,7-9H2,1-6H3. The number of aromatic nitrogens is 2. The summed E-state index contributed by atoms with van der Waals surface area (Å²) in [6.45, 7) is 6.26. The van der Waals surface area contributed by atoms with Gasteiger partial charge in [0, 0.05) is 26.6 Å². The minimum atomic E-state index is -0.146. The van der Waals surface area contributed by atoms with Crippen LogP contribution in [0.3, 0.4) is 0 Å². The summed E-state index contributed by atoms with van der Waals surface area (Å²) in [5.41, 5.74) is 1.91. The van der Waals surface area contributed by atoms with E-state index in [1.165, 1.54) is 0 Å². The molecule has 0 aliphatic heterocycles. The number of aryl methyl sites for hydroxylation is 2. The molecule has 1 aromatic heterocycles. The zero-order valence-electron chi connectivity index (χ0n) is 12.9. The number of rotatable bonds is 7. The molecular formula is C14H26ClN3O. The molecule has 0 radical (unpaired) electrons. The van der Waals surface area contributed by atoms with Crippen molar-refractivity contribution >= 4 is 11.6 Å². The molecular weight excluding hydrogens is 262 g/mol. The van der Waals surface area contributed by atoms with Crippen molar-refractivity contribution in [1.82, 2.24) is 15.1 Å². The highest BCUT2D eigenvalue weighted by molar-refractivity contribution is 6.31. The van der Waals surface area contributed by atoms with Crippen molar-refractivity contribution < 1.29 is 4.74 Å². The lowest BCUT2D eigenvalue weighted by Crippen LogP contribution is -2.37. The molecule has 0 bridgehead atoms. The Bertz CT molecular complexity index is 415. The SMILES string of the molecule is CCc1nn(C)c(CC(CC(C)(C)OC)NC)c1Cl. The van der Waals surface area contributed by atoms with E-state index in [2.05, 4.69) is 31.2 Å². The van der Waals surface area contributed by atoms with Crippen molar-refractivity contribution in [3.63, 3.8) is 0 Å². The molecule has 0 aliphatic carbocycles. The summed E-state index contributed by atoms with van der Waals surface area (Å²) < 4.78 is 7.39. The second-order valence-electron chi connectivity index (χ2n) is 5.54. The second kappa shape index (κ2) is 6.73. The van der Waals surface area contributed by atoms with Crippen LogP contribution in [0.4, 0.5) is 0 Å². The first-order chi connectivity index (χ1) is 8.84. The van der Waals surface area contributed by atoms with Gasteiger partial charge in [-0.25, -0.2) is 0 Å². The van der Waals surface area contributed by atoms with E-state index in [0.29, 0.717) is 6.04 Å². The third kappa shape index (κ3) is 4.20.